The molecule has 1 aromatic carbocycles. The predicted octanol–water partition coefficient (Wildman–Crippen LogP) is 2.80. The van der Waals surface area contributed by atoms with Crippen LogP contribution in [0.15, 0.2) is 24.5 Å². The second kappa shape index (κ2) is 4.00. The highest BCUT2D eigenvalue weighted by Crippen LogP contribution is 2.23. The van der Waals surface area contributed by atoms with E-state index in [2.05, 4.69) is 10.2 Å². The molecule has 0 atom stereocenters. The molecular weight excluding hydrogens is 212 g/mol. The van der Waals surface area contributed by atoms with Crippen LogP contribution in [0.1, 0.15) is 19.9 Å². The summed E-state index contributed by atoms with van der Waals surface area (Å²) in [6.07, 6.45) is 1.50. The van der Waals surface area contributed by atoms with Gasteiger partial charge in [0.05, 0.1) is 5.56 Å². The van der Waals surface area contributed by atoms with E-state index in [4.69, 9.17) is 0 Å². The summed E-state index contributed by atoms with van der Waals surface area (Å²) < 4.78 is 28.3. The van der Waals surface area contributed by atoms with E-state index in [1.165, 1.54) is 6.33 Å². The number of hydrogen-bond donors (Lipinski definition) is 0. The third kappa shape index (κ3) is 1.80. The monoisotopic (exact) mass is 223 g/mol. The highest BCUT2D eigenvalue weighted by molar-refractivity contribution is 5.56. The summed E-state index contributed by atoms with van der Waals surface area (Å²) in [4.78, 5) is 0. The fourth-order valence-electron chi connectivity index (χ4n) is 1.48. The van der Waals surface area contributed by atoms with Gasteiger partial charge in [0.25, 0.3) is 0 Å². The Hall–Kier alpha value is -1.78. The highest BCUT2D eigenvalue weighted by atomic mass is 19.1. The molecule has 0 aliphatic heterocycles. The van der Waals surface area contributed by atoms with Crippen LogP contribution in [0.3, 0.4) is 0 Å². The summed E-state index contributed by atoms with van der Waals surface area (Å²) in [5.74, 6) is -0.655. The maximum absolute atomic E-state index is 13.5. The molecule has 0 N–H and O–H groups in total. The van der Waals surface area contributed by atoms with Crippen LogP contribution < -0.4 is 0 Å². The Kier molecular flexibility index (Phi) is 2.68. The van der Waals surface area contributed by atoms with Gasteiger partial charge in [-0.3, -0.25) is 0 Å². The lowest BCUT2D eigenvalue weighted by Gasteiger charge is -2.10. The zero-order chi connectivity index (χ0) is 11.7. The smallest absolute Gasteiger partial charge is 0.167 e. The van der Waals surface area contributed by atoms with Gasteiger partial charge in [-0.25, -0.2) is 8.78 Å². The van der Waals surface area contributed by atoms with Crippen LogP contribution in [0.2, 0.25) is 0 Å². The standard InChI is InChI=1S/C11H11F2N3/c1-7(2)16-6-14-15-11(16)9-5-8(12)3-4-10(9)13/h3-7H,1-2H3. The maximum Gasteiger partial charge on any atom is 0.167 e. The average molecular weight is 223 g/mol. The lowest BCUT2D eigenvalue weighted by atomic mass is 10.2. The van der Waals surface area contributed by atoms with Crippen molar-refractivity contribution in [1.82, 2.24) is 14.8 Å². The van der Waals surface area contributed by atoms with Crippen molar-refractivity contribution in [1.29, 1.82) is 0 Å². The first kappa shape index (κ1) is 10.7. The largest absolute Gasteiger partial charge is 0.311 e. The van der Waals surface area contributed by atoms with E-state index >= 15 is 0 Å². The molecule has 0 unspecified atom stereocenters. The molecule has 0 fully saturated rings. The van der Waals surface area contributed by atoms with Crippen LogP contribution in [0.5, 0.6) is 0 Å². The lowest BCUT2D eigenvalue weighted by molar-refractivity contribution is 0.585. The SMILES string of the molecule is CC(C)n1cnnc1-c1cc(F)ccc1F. The first-order valence-corrected chi connectivity index (χ1v) is 4.94. The second-order valence-electron chi connectivity index (χ2n) is 3.78. The molecule has 84 valence electrons. The van der Waals surface area contributed by atoms with E-state index in [1.807, 2.05) is 13.8 Å². The van der Waals surface area contributed by atoms with Crippen LogP contribution in [0.4, 0.5) is 8.78 Å². The van der Waals surface area contributed by atoms with Crippen LogP contribution in [-0.4, -0.2) is 14.8 Å². The normalized spacial score (nSPS) is 11.1. The minimum Gasteiger partial charge on any atom is -0.311 e. The molecule has 1 heterocycles. The third-order valence-corrected chi connectivity index (χ3v) is 2.30. The quantitative estimate of drug-likeness (QED) is 0.783. The lowest BCUT2D eigenvalue weighted by Crippen LogP contribution is -2.03. The summed E-state index contributed by atoms with van der Waals surface area (Å²) in [5, 5.41) is 7.53. The van der Waals surface area contributed by atoms with E-state index in [9.17, 15) is 8.78 Å². The van der Waals surface area contributed by atoms with Crippen molar-refractivity contribution in [3.05, 3.63) is 36.2 Å². The fraction of sp³-hybridized carbons (Fsp3) is 0.273. The molecule has 0 aliphatic rings. The number of rotatable bonds is 2. The number of nitrogens with zero attached hydrogens (tertiary/aromatic N) is 3. The summed E-state index contributed by atoms with van der Waals surface area (Å²) in [5.41, 5.74) is 0.131. The van der Waals surface area contributed by atoms with Crippen LogP contribution in [-0.2, 0) is 0 Å². The zero-order valence-electron chi connectivity index (χ0n) is 8.98. The van der Waals surface area contributed by atoms with Gasteiger partial charge in [0.1, 0.15) is 18.0 Å². The maximum atomic E-state index is 13.5. The Morgan fingerprint density at radius 3 is 2.69 bits per heavy atom. The van der Waals surface area contributed by atoms with Crippen LogP contribution in [0, 0.1) is 11.6 Å². The Morgan fingerprint density at radius 1 is 1.25 bits per heavy atom. The third-order valence-electron chi connectivity index (χ3n) is 2.30. The van der Waals surface area contributed by atoms with E-state index in [0.717, 1.165) is 18.2 Å². The van der Waals surface area contributed by atoms with Crippen LogP contribution >= 0.6 is 0 Å². The van der Waals surface area contributed by atoms with E-state index < -0.39 is 11.6 Å². The molecule has 0 saturated carbocycles. The van der Waals surface area contributed by atoms with Gasteiger partial charge in [-0.2, -0.15) is 0 Å². The van der Waals surface area contributed by atoms with Gasteiger partial charge in [0, 0.05) is 6.04 Å². The molecule has 5 heteroatoms. The summed E-state index contributed by atoms with van der Waals surface area (Å²) >= 11 is 0. The van der Waals surface area contributed by atoms with E-state index in [-0.39, 0.29) is 11.6 Å². The summed E-state index contributed by atoms with van der Waals surface area (Å²) in [6.45, 7) is 3.84. The van der Waals surface area contributed by atoms with E-state index in [1.54, 1.807) is 4.57 Å². The summed E-state index contributed by atoms with van der Waals surface area (Å²) in [6, 6.07) is 3.38. The van der Waals surface area contributed by atoms with Gasteiger partial charge < -0.3 is 4.57 Å². The Morgan fingerprint density at radius 2 is 2.00 bits per heavy atom. The fourth-order valence-corrected chi connectivity index (χ4v) is 1.48. The second-order valence-corrected chi connectivity index (χ2v) is 3.78. The van der Waals surface area contributed by atoms with Gasteiger partial charge in [-0.1, -0.05) is 0 Å². The van der Waals surface area contributed by atoms with Crippen molar-refractivity contribution >= 4 is 0 Å². The highest BCUT2D eigenvalue weighted by Gasteiger charge is 2.14. The van der Waals surface area contributed by atoms with Crippen molar-refractivity contribution in [3.63, 3.8) is 0 Å². The molecule has 2 rings (SSSR count). The summed E-state index contributed by atoms with van der Waals surface area (Å²) in [7, 11) is 0. The Balaban J connectivity index is 2.58. The molecule has 0 bridgehead atoms. The minimum absolute atomic E-state index is 0.0904. The molecule has 3 nitrogen and oxygen atoms in total. The van der Waals surface area contributed by atoms with Crippen molar-refractivity contribution in [3.8, 4) is 11.4 Å². The van der Waals surface area contributed by atoms with Crippen molar-refractivity contribution < 1.29 is 8.78 Å². The average Bonchev–Trinajstić information content (AvgIpc) is 2.70. The zero-order valence-corrected chi connectivity index (χ0v) is 8.98. The molecule has 0 saturated heterocycles. The van der Waals surface area contributed by atoms with Gasteiger partial charge in [0.15, 0.2) is 5.82 Å². The van der Waals surface area contributed by atoms with Crippen molar-refractivity contribution in [2.75, 3.05) is 0 Å². The Labute approximate surface area is 91.7 Å². The van der Waals surface area contributed by atoms with E-state index in [0.29, 0.717) is 5.82 Å². The predicted molar refractivity (Wildman–Crippen MR) is 55.8 cm³/mol. The van der Waals surface area contributed by atoms with Gasteiger partial charge in [0.2, 0.25) is 0 Å². The van der Waals surface area contributed by atoms with Crippen LogP contribution in [0.25, 0.3) is 11.4 Å². The van der Waals surface area contributed by atoms with Gasteiger partial charge in [-0.15, -0.1) is 10.2 Å². The molecular formula is C11H11F2N3. The first-order valence-electron chi connectivity index (χ1n) is 4.94. The first-order chi connectivity index (χ1) is 7.59. The topological polar surface area (TPSA) is 30.7 Å². The molecule has 1 aromatic heterocycles. The van der Waals surface area contributed by atoms with Crippen molar-refractivity contribution in [2.24, 2.45) is 0 Å². The van der Waals surface area contributed by atoms with Gasteiger partial charge >= 0.3 is 0 Å². The molecule has 0 radical (unpaired) electrons. The van der Waals surface area contributed by atoms with Gasteiger partial charge in [-0.05, 0) is 32.0 Å². The molecule has 0 spiro atoms. The number of halogens is 2. The molecule has 0 aliphatic carbocycles. The molecule has 2 aromatic rings. The Bertz CT molecular complexity index is 506. The van der Waals surface area contributed by atoms with Crippen molar-refractivity contribution in [2.45, 2.75) is 19.9 Å². The molecule has 16 heavy (non-hydrogen) atoms. The number of benzene rings is 1. The molecule has 0 amide bonds. The number of hydrogen-bond acceptors (Lipinski definition) is 2. The number of aromatic nitrogens is 3. The minimum atomic E-state index is -0.503.